The van der Waals surface area contributed by atoms with Crippen LogP contribution in [0.2, 0.25) is 0 Å². The van der Waals surface area contributed by atoms with Crippen molar-refractivity contribution in [3.8, 4) is 0 Å². The first-order valence-corrected chi connectivity index (χ1v) is 11.0. The minimum Gasteiger partial charge on any atom is -0.360 e. The quantitative estimate of drug-likeness (QED) is 0.629. The Balaban J connectivity index is 1.35. The molecule has 0 atom stereocenters. The number of carbonyl (C=O) groups is 1. The molecule has 2 aliphatic rings. The molecule has 1 saturated heterocycles. The van der Waals surface area contributed by atoms with Crippen LogP contribution in [0.4, 0.5) is 10.1 Å². The number of anilines is 1. The van der Waals surface area contributed by atoms with Gasteiger partial charge in [0, 0.05) is 38.2 Å². The van der Waals surface area contributed by atoms with Crippen molar-refractivity contribution in [1.82, 2.24) is 9.96 Å². The average Bonchev–Trinajstić information content (AvgIpc) is 2.81. The van der Waals surface area contributed by atoms with Gasteiger partial charge in [-0.1, -0.05) is 54.6 Å². The smallest absolute Gasteiger partial charge is 0.281 e. The van der Waals surface area contributed by atoms with Crippen molar-refractivity contribution in [3.05, 3.63) is 101 Å². The van der Waals surface area contributed by atoms with Crippen LogP contribution in [0.25, 0.3) is 0 Å². The molecule has 0 aromatic heterocycles. The number of hydrogen-bond donors (Lipinski definition) is 1. The highest BCUT2D eigenvalue weighted by molar-refractivity contribution is 6.01. The van der Waals surface area contributed by atoms with E-state index in [0.717, 1.165) is 29.9 Å². The number of fused-ring (bicyclic) bond motifs is 1. The summed E-state index contributed by atoms with van der Waals surface area (Å²) in [6.07, 6.45) is 1.41. The molecule has 0 bridgehead atoms. The second kappa shape index (κ2) is 8.73. The number of likely N-dealkylation sites (tertiary alicyclic amines) is 1. The molecule has 0 aliphatic carbocycles. The van der Waals surface area contributed by atoms with Crippen molar-refractivity contribution in [2.75, 3.05) is 18.4 Å². The molecule has 3 aromatic carbocycles. The lowest BCUT2D eigenvalue weighted by Gasteiger charge is -2.50. The maximum absolute atomic E-state index is 13.6. The fourth-order valence-corrected chi connectivity index (χ4v) is 4.58. The maximum Gasteiger partial charge on any atom is 0.281 e. The number of carbonyl (C=O) groups excluding carboxylic acids is 1. The van der Waals surface area contributed by atoms with Crippen molar-refractivity contribution >= 4 is 11.6 Å². The lowest BCUT2D eigenvalue weighted by atomic mass is 9.91. The summed E-state index contributed by atoms with van der Waals surface area (Å²) < 4.78 is 13.6. The molecule has 0 radical (unpaired) electrons. The number of hydroxylamine groups is 2. The van der Waals surface area contributed by atoms with Crippen LogP contribution in [-0.2, 0) is 18.0 Å². The van der Waals surface area contributed by atoms with Crippen LogP contribution in [0.15, 0.2) is 78.9 Å². The number of halogens is 1. The normalized spacial score (nSPS) is 17.8. The van der Waals surface area contributed by atoms with Crippen LogP contribution in [-0.4, -0.2) is 34.6 Å². The third-order valence-corrected chi connectivity index (χ3v) is 6.28. The fourth-order valence-electron chi connectivity index (χ4n) is 4.58. The Hall–Kier alpha value is -3.22. The Labute approximate surface area is 187 Å². The van der Waals surface area contributed by atoms with E-state index in [-0.39, 0.29) is 11.7 Å². The van der Waals surface area contributed by atoms with Gasteiger partial charge in [0.2, 0.25) is 0 Å². The average molecular weight is 432 g/mol. The van der Waals surface area contributed by atoms with E-state index in [2.05, 4.69) is 10.2 Å². The van der Waals surface area contributed by atoms with Gasteiger partial charge in [0.15, 0.2) is 0 Å². The van der Waals surface area contributed by atoms with Gasteiger partial charge in [0.1, 0.15) is 18.1 Å². The minimum absolute atomic E-state index is 0.117. The molecule has 1 N–H and O–H groups in total. The number of rotatable bonds is 5. The van der Waals surface area contributed by atoms with Gasteiger partial charge in [-0.15, -0.1) is 0 Å². The summed E-state index contributed by atoms with van der Waals surface area (Å²) in [5, 5.41) is 5.17. The van der Waals surface area contributed by atoms with Gasteiger partial charge in [-0.05, 0) is 35.4 Å². The molecule has 1 amide bonds. The first-order valence-electron chi connectivity index (χ1n) is 11.0. The lowest BCUT2D eigenvalue weighted by Crippen LogP contribution is -2.63. The van der Waals surface area contributed by atoms with Crippen molar-refractivity contribution in [3.63, 3.8) is 0 Å². The topological polar surface area (TPSA) is 44.8 Å². The zero-order valence-electron chi connectivity index (χ0n) is 17.8. The Morgan fingerprint density at radius 1 is 0.906 bits per heavy atom. The van der Waals surface area contributed by atoms with Crippen LogP contribution >= 0.6 is 0 Å². The van der Waals surface area contributed by atoms with Crippen molar-refractivity contribution in [2.45, 2.75) is 31.7 Å². The number of nitrogens with zero attached hydrogens (tertiary/aromatic N) is 2. The predicted molar refractivity (Wildman–Crippen MR) is 121 cm³/mol. The summed E-state index contributed by atoms with van der Waals surface area (Å²) in [7, 11) is 0. The molecule has 5 rings (SSSR count). The summed E-state index contributed by atoms with van der Waals surface area (Å²) in [5.41, 5.74) is 2.82. The lowest BCUT2D eigenvalue weighted by molar-refractivity contribution is -0.198. The SMILES string of the molecule is O=C1c2ccccc2NC2(CCN(Cc3cccc(F)c3)CC2)N1OCc1ccccc1. The summed E-state index contributed by atoms with van der Waals surface area (Å²) in [5.74, 6) is -0.332. The number of para-hydroxylation sites is 1. The van der Waals surface area contributed by atoms with Crippen LogP contribution in [0.5, 0.6) is 0 Å². The van der Waals surface area contributed by atoms with Gasteiger partial charge >= 0.3 is 0 Å². The molecule has 5 nitrogen and oxygen atoms in total. The number of hydrogen-bond acceptors (Lipinski definition) is 4. The summed E-state index contributed by atoms with van der Waals surface area (Å²) in [4.78, 5) is 21.9. The third kappa shape index (κ3) is 4.11. The molecular formula is C26H26FN3O2. The van der Waals surface area contributed by atoms with Crippen LogP contribution < -0.4 is 5.32 Å². The number of nitrogens with one attached hydrogen (secondary N) is 1. The Kier molecular flexibility index (Phi) is 5.64. The third-order valence-electron chi connectivity index (χ3n) is 6.28. The zero-order valence-corrected chi connectivity index (χ0v) is 17.8. The molecular weight excluding hydrogens is 405 g/mol. The fraction of sp³-hybridized carbons (Fsp3) is 0.269. The summed E-state index contributed by atoms with van der Waals surface area (Å²) in [6, 6.07) is 24.2. The van der Waals surface area contributed by atoms with Crippen LogP contribution in [0.3, 0.4) is 0 Å². The Morgan fingerprint density at radius 2 is 1.62 bits per heavy atom. The first kappa shape index (κ1) is 20.7. The summed E-state index contributed by atoms with van der Waals surface area (Å²) >= 11 is 0. The van der Waals surface area contributed by atoms with E-state index in [1.54, 1.807) is 17.2 Å². The van der Waals surface area contributed by atoms with E-state index in [1.807, 2.05) is 60.7 Å². The molecule has 32 heavy (non-hydrogen) atoms. The maximum atomic E-state index is 13.6. The monoisotopic (exact) mass is 431 g/mol. The highest BCUT2D eigenvalue weighted by Crippen LogP contribution is 2.38. The number of benzene rings is 3. The highest BCUT2D eigenvalue weighted by Gasteiger charge is 2.47. The Morgan fingerprint density at radius 3 is 2.41 bits per heavy atom. The molecule has 164 valence electrons. The zero-order chi connectivity index (χ0) is 22.0. The van der Waals surface area contributed by atoms with Gasteiger partial charge in [0.05, 0.1) is 5.56 Å². The van der Waals surface area contributed by atoms with Crippen LogP contribution in [0.1, 0.15) is 34.3 Å². The van der Waals surface area contributed by atoms with E-state index in [0.29, 0.717) is 31.6 Å². The van der Waals surface area contributed by atoms with E-state index in [4.69, 9.17) is 4.84 Å². The van der Waals surface area contributed by atoms with Gasteiger partial charge in [-0.25, -0.2) is 4.39 Å². The molecule has 0 saturated carbocycles. The molecule has 1 fully saturated rings. The van der Waals surface area contributed by atoms with E-state index < -0.39 is 5.66 Å². The Bertz CT molecular complexity index is 1100. The molecule has 6 heteroatoms. The van der Waals surface area contributed by atoms with Gasteiger partial charge in [-0.2, -0.15) is 5.06 Å². The molecule has 2 aliphatic heterocycles. The van der Waals surface area contributed by atoms with Crippen LogP contribution in [0, 0.1) is 5.82 Å². The summed E-state index contributed by atoms with van der Waals surface area (Å²) in [6.45, 7) is 2.54. The minimum atomic E-state index is -0.612. The second-order valence-corrected chi connectivity index (χ2v) is 8.47. The van der Waals surface area contributed by atoms with Crippen molar-refractivity contribution in [2.24, 2.45) is 0 Å². The molecule has 0 unspecified atom stereocenters. The van der Waals surface area contributed by atoms with E-state index >= 15 is 0 Å². The van der Waals surface area contributed by atoms with E-state index in [9.17, 15) is 9.18 Å². The van der Waals surface area contributed by atoms with Gasteiger partial charge < -0.3 is 5.32 Å². The predicted octanol–water partition coefficient (Wildman–Crippen LogP) is 4.82. The first-order chi connectivity index (χ1) is 15.6. The number of amides is 1. The molecule has 1 spiro atoms. The molecule has 3 aromatic rings. The van der Waals surface area contributed by atoms with Crippen molar-refractivity contribution < 1.29 is 14.0 Å². The second-order valence-electron chi connectivity index (χ2n) is 8.47. The number of piperidine rings is 1. The van der Waals surface area contributed by atoms with Gasteiger partial charge in [0.25, 0.3) is 5.91 Å². The largest absolute Gasteiger partial charge is 0.360 e. The van der Waals surface area contributed by atoms with Crippen molar-refractivity contribution in [1.29, 1.82) is 0 Å². The van der Waals surface area contributed by atoms with Gasteiger partial charge in [-0.3, -0.25) is 14.5 Å². The standard InChI is InChI=1S/C26H26FN3O2/c27-22-10-6-9-21(17-22)18-29-15-13-26(14-16-29)28-24-12-5-4-11-23(24)25(31)30(26)32-19-20-7-2-1-3-8-20/h1-12,17,28H,13-16,18-19H2. The molecule has 2 heterocycles. The van der Waals surface area contributed by atoms with E-state index in [1.165, 1.54) is 6.07 Å². The highest BCUT2D eigenvalue weighted by atomic mass is 19.1.